The Balaban J connectivity index is 1.46. The molecule has 2 aromatic heterocycles. The lowest BCUT2D eigenvalue weighted by Gasteiger charge is -2.36. The fourth-order valence-electron chi connectivity index (χ4n) is 5.19. The first-order valence-electron chi connectivity index (χ1n) is 14.0. The lowest BCUT2D eigenvalue weighted by Crippen LogP contribution is -2.44. The first kappa shape index (κ1) is 28.8. The molecule has 1 aliphatic heterocycles. The molecule has 0 aliphatic carbocycles. The molecule has 2 aromatic carbocycles. The van der Waals surface area contributed by atoms with Crippen LogP contribution in [0.15, 0.2) is 72.1 Å². The number of carbonyl (C=O) groups is 1. The molecular formula is C32H36N8O2. The number of nitrogen functional groups attached to an aromatic ring is 1. The Morgan fingerprint density at radius 1 is 1.10 bits per heavy atom. The summed E-state index contributed by atoms with van der Waals surface area (Å²) >= 11 is 0. The summed E-state index contributed by atoms with van der Waals surface area (Å²) < 4.78 is 7.82. The van der Waals surface area contributed by atoms with Crippen LogP contribution in [0.25, 0.3) is 22.3 Å². The van der Waals surface area contributed by atoms with Crippen LogP contribution in [-0.2, 0) is 4.79 Å². The molecule has 3 heterocycles. The molecule has 1 aliphatic rings. The second kappa shape index (κ2) is 11.6. The Bertz CT molecular complexity index is 1670. The van der Waals surface area contributed by atoms with Gasteiger partial charge in [0.25, 0.3) is 5.91 Å². The van der Waals surface area contributed by atoms with Gasteiger partial charge in [0.05, 0.1) is 11.4 Å². The summed E-state index contributed by atoms with van der Waals surface area (Å²) in [5.41, 5.74) is 8.97. The van der Waals surface area contributed by atoms with Gasteiger partial charge in [-0.15, -0.1) is 0 Å². The van der Waals surface area contributed by atoms with E-state index in [1.165, 1.54) is 6.33 Å². The number of amides is 1. The third-order valence-electron chi connectivity index (χ3n) is 8.39. The maximum absolute atomic E-state index is 13.7. The molecule has 42 heavy (non-hydrogen) atoms. The van der Waals surface area contributed by atoms with Crippen LogP contribution >= 0.6 is 0 Å². The molecule has 0 bridgehead atoms. The number of hydrogen-bond donors (Lipinski definition) is 1. The number of likely N-dealkylation sites (N-methyl/N-ethyl adjacent to an activating group) is 1. The van der Waals surface area contributed by atoms with Gasteiger partial charge in [0.15, 0.2) is 5.65 Å². The molecule has 0 unspecified atom stereocenters. The number of hydrogen-bond acceptors (Lipinski definition) is 8. The van der Waals surface area contributed by atoms with Gasteiger partial charge in [-0.25, -0.2) is 14.6 Å². The third kappa shape index (κ3) is 5.43. The van der Waals surface area contributed by atoms with Crippen molar-refractivity contribution in [2.75, 3.05) is 32.9 Å². The zero-order valence-electron chi connectivity index (χ0n) is 24.7. The van der Waals surface area contributed by atoms with E-state index >= 15 is 0 Å². The number of fused-ring (bicyclic) bond motifs is 1. The molecule has 216 valence electrons. The predicted molar refractivity (Wildman–Crippen MR) is 163 cm³/mol. The summed E-state index contributed by atoms with van der Waals surface area (Å²) in [6, 6.07) is 19.3. The van der Waals surface area contributed by atoms with Crippen LogP contribution in [0.5, 0.6) is 11.5 Å². The summed E-state index contributed by atoms with van der Waals surface area (Å²) in [7, 11) is 3.88. The van der Waals surface area contributed by atoms with Gasteiger partial charge < -0.3 is 20.3 Å². The Labute approximate surface area is 246 Å². The molecule has 10 nitrogen and oxygen atoms in total. The van der Waals surface area contributed by atoms with E-state index in [1.54, 1.807) is 4.90 Å². The predicted octanol–water partition coefficient (Wildman–Crippen LogP) is 5.21. The number of para-hydroxylation sites is 1. The molecule has 1 amide bonds. The summed E-state index contributed by atoms with van der Waals surface area (Å²) in [4.78, 5) is 26.2. The lowest BCUT2D eigenvalue weighted by atomic mass is 9.89. The first-order chi connectivity index (χ1) is 20.1. The van der Waals surface area contributed by atoms with Crippen molar-refractivity contribution in [3.05, 3.63) is 72.1 Å². The molecule has 1 fully saturated rings. The van der Waals surface area contributed by atoms with Crippen LogP contribution in [0.1, 0.15) is 39.7 Å². The lowest BCUT2D eigenvalue weighted by molar-refractivity contribution is -0.128. The number of anilines is 1. The SMILES string of the molecule is C/C(=C(/C#N)C(=O)N1CCC[C@@H](n2nc(-c3ccc(Oc4ccccc4)cc3)c3c(N)ncnc32)C1)C(C)(C)N(C)C. The largest absolute Gasteiger partial charge is 0.457 e. The quantitative estimate of drug-likeness (QED) is 0.239. The Morgan fingerprint density at radius 2 is 1.79 bits per heavy atom. The van der Waals surface area contributed by atoms with Crippen molar-refractivity contribution < 1.29 is 9.53 Å². The van der Waals surface area contributed by atoms with Gasteiger partial charge in [0, 0.05) is 24.2 Å². The number of nitrogens with zero attached hydrogens (tertiary/aromatic N) is 7. The van der Waals surface area contributed by atoms with Gasteiger partial charge in [-0.2, -0.15) is 10.4 Å². The van der Waals surface area contributed by atoms with Crippen molar-refractivity contribution in [3.63, 3.8) is 0 Å². The Kier molecular flexibility index (Phi) is 7.96. The minimum atomic E-state index is -0.445. The van der Waals surface area contributed by atoms with Gasteiger partial charge >= 0.3 is 0 Å². The molecule has 2 N–H and O–H groups in total. The number of piperidine rings is 1. The third-order valence-corrected chi connectivity index (χ3v) is 8.39. The molecule has 5 rings (SSSR count). The summed E-state index contributed by atoms with van der Waals surface area (Å²) in [5.74, 6) is 1.54. The normalized spacial score (nSPS) is 16.3. The highest BCUT2D eigenvalue weighted by atomic mass is 16.5. The van der Waals surface area contributed by atoms with Crippen LogP contribution in [0.3, 0.4) is 0 Å². The number of ether oxygens (including phenoxy) is 1. The highest BCUT2D eigenvalue weighted by molar-refractivity contribution is 5.99. The van der Waals surface area contributed by atoms with Crippen molar-refractivity contribution in [3.8, 4) is 28.8 Å². The van der Waals surface area contributed by atoms with Crippen LogP contribution in [0.4, 0.5) is 5.82 Å². The van der Waals surface area contributed by atoms with E-state index in [2.05, 4.69) is 16.0 Å². The summed E-state index contributed by atoms with van der Waals surface area (Å²) in [6.45, 7) is 6.86. The number of aromatic nitrogens is 4. The van der Waals surface area contributed by atoms with E-state index in [0.29, 0.717) is 41.4 Å². The smallest absolute Gasteiger partial charge is 0.264 e. The van der Waals surface area contributed by atoms with Crippen molar-refractivity contribution in [2.45, 2.75) is 45.2 Å². The highest BCUT2D eigenvalue weighted by Crippen LogP contribution is 2.35. The van der Waals surface area contributed by atoms with Crippen LogP contribution < -0.4 is 10.5 Å². The van der Waals surface area contributed by atoms with E-state index in [4.69, 9.17) is 15.6 Å². The minimum Gasteiger partial charge on any atom is -0.457 e. The zero-order valence-corrected chi connectivity index (χ0v) is 24.7. The minimum absolute atomic E-state index is 0.143. The highest BCUT2D eigenvalue weighted by Gasteiger charge is 2.33. The Hall–Kier alpha value is -4.75. The summed E-state index contributed by atoms with van der Waals surface area (Å²) in [6.07, 6.45) is 3.01. The maximum atomic E-state index is 13.7. The number of likely N-dealkylation sites (tertiary alicyclic amines) is 1. The van der Waals surface area contributed by atoms with Crippen LogP contribution in [-0.4, -0.2) is 68.2 Å². The first-order valence-corrected chi connectivity index (χ1v) is 14.0. The summed E-state index contributed by atoms with van der Waals surface area (Å²) in [5, 5.41) is 15.6. The second-order valence-electron chi connectivity index (χ2n) is 11.3. The fraction of sp³-hybridized carbons (Fsp3) is 0.344. The van der Waals surface area contributed by atoms with Crippen molar-refractivity contribution in [1.82, 2.24) is 29.5 Å². The van der Waals surface area contributed by atoms with Crippen molar-refractivity contribution in [2.24, 2.45) is 0 Å². The molecular weight excluding hydrogens is 528 g/mol. The van der Waals surface area contributed by atoms with Gasteiger partial charge in [-0.1, -0.05) is 18.2 Å². The number of nitriles is 1. The van der Waals surface area contributed by atoms with Crippen LogP contribution in [0, 0.1) is 11.3 Å². The molecule has 1 atom stereocenters. The van der Waals surface area contributed by atoms with Gasteiger partial charge in [-0.3, -0.25) is 4.79 Å². The molecule has 0 saturated carbocycles. The van der Waals surface area contributed by atoms with E-state index in [0.717, 1.165) is 29.7 Å². The van der Waals surface area contributed by atoms with E-state index in [1.807, 2.05) is 99.0 Å². The topological polar surface area (TPSA) is 126 Å². The zero-order chi connectivity index (χ0) is 30.0. The maximum Gasteiger partial charge on any atom is 0.264 e. The van der Waals surface area contributed by atoms with Crippen molar-refractivity contribution >= 4 is 22.8 Å². The van der Waals surface area contributed by atoms with E-state index in [9.17, 15) is 10.1 Å². The number of benzene rings is 2. The molecule has 1 saturated heterocycles. The average Bonchev–Trinajstić information content (AvgIpc) is 3.39. The van der Waals surface area contributed by atoms with Gasteiger partial charge in [0.2, 0.25) is 0 Å². The van der Waals surface area contributed by atoms with Crippen molar-refractivity contribution in [1.29, 1.82) is 5.26 Å². The molecule has 4 aromatic rings. The van der Waals surface area contributed by atoms with Gasteiger partial charge in [0.1, 0.15) is 41.0 Å². The second-order valence-corrected chi connectivity index (χ2v) is 11.3. The molecule has 10 heteroatoms. The Morgan fingerprint density at radius 3 is 2.45 bits per heavy atom. The van der Waals surface area contributed by atoms with E-state index < -0.39 is 5.54 Å². The molecule has 0 radical (unpaired) electrons. The number of rotatable bonds is 7. The number of carbonyl (C=O) groups excluding carboxylic acids is 1. The average molecular weight is 565 g/mol. The fourth-order valence-corrected chi connectivity index (χ4v) is 5.19. The monoisotopic (exact) mass is 564 g/mol. The van der Waals surface area contributed by atoms with E-state index in [-0.39, 0.29) is 17.5 Å². The van der Waals surface area contributed by atoms with Gasteiger partial charge in [-0.05, 0) is 89.7 Å². The number of nitrogens with two attached hydrogens (primary N) is 1. The van der Waals surface area contributed by atoms with Crippen LogP contribution in [0.2, 0.25) is 0 Å². The molecule has 0 spiro atoms. The standard InChI is InChI=1S/C32H36N8O2/c1-21(32(2,3)38(4)5)26(18-33)31(41)39-17-9-10-23(19-39)40-30-27(29(34)35-20-36-30)28(37-40)22-13-15-25(16-14-22)42-24-11-7-6-8-12-24/h6-8,11-16,20,23H,9-10,17,19H2,1-5H3,(H2,34,35,36)/b26-21+/t23-/m1/s1.